The maximum Gasteiger partial charge on any atom is 0.257 e. The van der Waals surface area contributed by atoms with Crippen LogP contribution in [0.3, 0.4) is 0 Å². The number of carbonyl (C=O) groups is 2. The lowest BCUT2D eigenvalue weighted by Crippen LogP contribution is -2.37. The van der Waals surface area contributed by atoms with Gasteiger partial charge in [-0.3, -0.25) is 9.59 Å². The minimum atomic E-state index is -4.48. The molecular weight excluding hydrogens is 568 g/mol. The lowest BCUT2D eigenvalue weighted by Gasteiger charge is -2.28. The molecule has 6 rings (SSSR count). The summed E-state index contributed by atoms with van der Waals surface area (Å²) in [6.45, 7) is 3.59. The number of benzene rings is 1. The van der Waals surface area contributed by atoms with Gasteiger partial charge < -0.3 is 19.4 Å². The molecule has 2 N–H and O–H groups in total. The number of carbonyl (C=O) groups excluding carboxylic acids is 2. The second-order valence-electron chi connectivity index (χ2n) is 11.8. The van der Waals surface area contributed by atoms with Crippen molar-refractivity contribution in [3.8, 4) is 5.88 Å². The van der Waals surface area contributed by atoms with Crippen molar-refractivity contribution in [2.75, 3.05) is 52.9 Å². The molecule has 224 valence electrons. The average molecular weight is 602 g/mol. The summed E-state index contributed by atoms with van der Waals surface area (Å²) in [6, 6.07) is 5.27. The SMILES string of the molecule is CN1CCC(COc2cc(C(=O)N3CC4=C(C3)CN(C(=O)c3ccc(S(N)(=O)=O)c(F)c3F)C4)cc(C3CC3)n2)CC1. The zero-order valence-corrected chi connectivity index (χ0v) is 24.1. The Morgan fingerprint density at radius 2 is 1.57 bits per heavy atom. The van der Waals surface area contributed by atoms with E-state index in [1.54, 1.807) is 11.0 Å². The molecule has 10 nitrogen and oxygen atoms in total. The number of halogens is 2. The first-order chi connectivity index (χ1) is 20.0. The lowest BCUT2D eigenvalue weighted by atomic mass is 9.98. The highest BCUT2D eigenvalue weighted by atomic mass is 32.2. The van der Waals surface area contributed by atoms with Gasteiger partial charge in [0.15, 0.2) is 11.6 Å². The quantitative estimate of drug-likeness (QED) is 0.484. The van der Waals surface area contributed by atoms with Crippen LogP contribution in [0.25, 0.3) is 0 Å². The molecule has 1 aliphatic carbocycles. The lowest BCUT2D eigenvalue weighted by molar-refractivity contribution is 0.0761. The van der Waals surface area contributed by atoms with E-state index in [4.69, 9.17) is 14.9 Å². The molecule has 4 heterocycles. The van der Waals surface area contributed by atoms with Crippen LogP contribution in [0.1, 0.15) is 58.0 Å². The van der Waals surface area contributed by atoms with Crippen LogP contribution < -0.4 is 9.88 Å². The van der Waals surface area contributed by atoms with Crippen molar-refractivity contribution in [1.29, 1.82) is 0 Å². The van der Waals surface area contributed by atoms with E-state index < -0.39 is 38.0 Å². The summed E-state index contributed by atoms with van der Waals surface area (Å²) in [7, 11) is -2.37. The van der Waals surface area contributed by atoms with Crippen molar-refractivity contribution in [3.63, 3.8) is 0 Å². The maximum absolute atomic E-state index is 14.6. The van der Waals surface area contributed by atoms with E-state index in [2.05, 4.69) is 11.9 Å². The van der Waals surface area contributed by atoms with Crippen LogP contribution >= 0.6 is 0 Å². The van der Waals surface area contributed by atoms with Crippen molar-refractivity contribution in [3.05, 3.63) is 63.9 Å². The number of amides is 2. The minimum absolute atomic E-state index is 0.151. The molecule has 0 unspecified atom stereocenters. The zero-order valence-electron chi connectivity index (χ0n) is 23.3. The molecule has 42 heavy (non-hydrogen) atoms. The summed E-state index contributed by atoms with van der Waals surface area (Å²) >= 11 is 0. The molecule has 2 fully saturated rings. The third-order valence-corrected chi connectivity index (χ3v) is 9.48. The van der Waals surface area contributed by atoms with Crippen LogP contribution in [-0.4, -0.2) is 92.8 Å². The number of nitrogens with two attached hydrogens (primary N) is 1. The summed E-state index contributed by atoms with van der Waals surface area (Å²) in [6.07, 6.45) is 4.21. The topological polar surface area (TPSA) is 126 Å². The number of likely N-dealkylation sites (tertiary alicyclic amines) is 1. The Kier molecular flexibility index (Phi) is 7.52. The molecule has 0 bridgehead atoms. The molecule has 1 saturated heterocycles. The minimum Gasteiger partial charge on any atom is -0.477 e. The first-order valence-corrected chi connectivity index (χ1v) is 15.6. The van der Waals surface area contributed by atoms with E-state index in [0.29, 0.717) is 43.0 Å². The molecule has 1 aromatic heterocycles. The third kappa shape index (κ3) is 5.77. The molecule has 3 aliphatic heterocycles. The number of sulfonamides is 1. The second-order valence-corrected chi connectivity index (χ2v) is 13.3. The van der Waals surface area contributed by atoms with Crippen molar-refractivity contribution in [2.45, 2.75) is 36.5 Å². The second kappa shape index (κ2) is 11.0. The number of primary sulfonamides is 1. The summed E-state index contributed by atoms with van der Waals surface area (Å²) in [5.74, 6) is -2.89. The Bertz CT molecular complexity index is 1570. The Morgan fingerprint density at radius 3 is 2.17 bits per heavy atom. The molecule has 4 aliphatic rings. The van der Waals surface area contributed by atoms with Gasteiger partial charge in [0.05, 0.1) is 12.2 Å². The Labute approximate surface area is 243 Å². The Hall–Kier alpha value is -3.42. The molecule has 2 aromatic rings. The van der Waals surface area contributed by atoms with E-state index >= 15 is 0 Å². The van der Waals surface area contributed by atoms with Crippen LogP contribution in [0.5, 0.6) is 5.88 Å². The number of aromatic nitrogens is 1. The number of rotatable bonds is 7. The van der Waals surface area contributed by atoms with E-state index in [-0.39, 0.29) is 19.0 Å². The van der Waals surface area contributed by atoms with Crippen molar-refractivity contribution < 1.29 is 31.5 Å². The van der Waals surface area contributed by atoms with Crippen LogP contribution in [0, 0.1) is 17.6 Å². The van der Waals surface area contributed by atoms with Gasteiger partial charge in [0.1, 0.15) is 4.90 Å². The van der Waals surface area contributed by atoms with Crippen LogP contribution in [0.4, 0.5) is 8.78 Å². The molecule has 2 amide bonds. The standard InChI is InChI=1S/C29H33F2N5O5S/c1-34-8-6-17(7-9-34)16-41-25-11-19(10-23(33-25)18-2-3-18)28(37)35-12-20-14-36(15-21(20)13-35)29(38)22-4-5-24(42(32,39)40)27(31)26(22)30/h4-5,10-11,17-18H,2-3,6-9,12-16H2,1H3,(H2,32,39,40). The van der Waals surface area contributed by atoms with Gasteiger partial charge in [-0.2, -0.15) is 0 Å². The van der Waals surface area contributed by atoms with E-state index in [0.717, 1.165) is 67.7 Å². The van der Waals surface area contributed by atoms with Crippen LogP contribution in [0.15, 0.2) is 40.3 Å². The van der Waals surface area contributed by atoms with E-state index in [9.17, 15) is 26.8 Å². The fraction of sp³-hybridized carbons (Fsp3) is 0.483. The monoisotopic (exact) mass is 601 g/mol. The number of hydrogen-bond acceptors (Lipinski definition) is 7. The number of ether oxygens (including phenoxy) is 1. The van der Waals surface area contributed by atoms with Gasteiger partial charge in [-0.25, -0.2) is 27.3 Å². The molecule has 1 saturated carbocycles. The number of hydrogen-bond donors (Lipinski definition) is 1. The largest absolute Gasteiger partial charge is 0.477 e. The van der Waals surface area contributed by atoms with Crippen LogP contribution in [-0.2, 0) is 10.0 Å². The summed E-state index contributed by atoms with van der Waals surface area (Å²) in [5, 5.41) is 4.92. The predicted octanol–water partition coefficient (Wildman–Crippen LogP) is 2.51. The number of piperidine rings is 1. The van der Waals surface area contributed by atoms with Gasteiger partial charge in [-0.05, 0) is 81.1 Å². The molecule has 1 aromatic carbocycles. The normalized spacial score (nSPS) is 19.9. The fourth-order valence-electron chi connectivity index (χ4n) is 5.88. The highest BCUT2D eigenvalue weighted by molar-refractivity contribution is 7.89. The zero-order chi connectivity index (χ0) is 29.8. The molecule has 13 heteroatoms. The number of nitrogens with zero attached hydrogens (tertiary/aromatic N) is 4. The van der Waals surface area contributed by atoms with Crippen molar-refractivity contribution in [1.82, 2.24) is 19.7 Å². The van der Waals surface area contributed by atoms with Gasteiger partial charge >= 0.3 is 0 Å². The van der Waals surface area contributed by atoms with E-state index in [1.807, 2.05) is 6.07 Å². The van der Waals surface area contributed by atoms with Crippen molar-refractivity contribution >= 4 is 21.8 Å². The molecule has 0 radical (unpaired) electrons. The molecule has 0 spiro atoms. The Morgan fingerprint density at radius 1 is 0.952 bits per heavy atom. The molecule has 0 atom stereocenters. The first kappa shape index (κ1) is 28.7. The van der Waals surface area contributed by atoms with Crippen molar-refractivity contribution in [2.24, 2.45) is 11.1 Å². The van der Waals surface area contributed by atoms with E-state index in [1.165, 1.54) is 4.90 Å². The summed E-state index contributed by atoms with van der Waals surface area (Å²) in [5.41, 5.74) is 2.55. The summed E-state index contributed by atoms with van der Waals surface area (Å²) in [4.78, 5) is 35.6. The summed E-state index contributed by atoms with van der Waals surface area (Å²) < 4.78 is 58.0. The fourth-order valence-corrected chi connectivity index (χ4v) is 6.48. The Balaban J connectivity index is 1.10. The predicted molar refractivity (Wildman–Crippen MR) is 148 cm³/mol. The van der Waals surface area contributed by atoms with Gasteiger partial charge in [-0.15, -0.1) is 0 Å². The van der Waals surface area contributed by atoms with Crippen LogP contribution in [0.2, 0.25) is 0 Å². The smallest absolute Gasteiger partial charge is 0.257 e. The third-order valence-electron chi connectivity index (χ3n) is 8.55. The van der Waals surface area contributed by atoms with Gasteiger partial charge in [0.2, 0.25) is 15.9 Å². The van der Waals surface area contributed by atoms with Gasteiger partial charge in [0, 0.05) is 49.4 Å². The highest BCUT2D eigenvalue weighted by Gasteiger charge is 2.37. The average Bonchev–Trinajstić information content (AvgIpc) is 3.62. The number of pyridine rings is 1. The maximum atomic E-state index is 14.6. The van der Waals surface area contributed by atoms with Gasteiger partial charge in [0.25, 0.3) is 11.8 Å². The highest BCUT2D eigenvalue weighted by Crippen LogP contribution is 2.40. The first-order valence-electron chi connectivity index (χ1n) is 14.1. The molecular formula is C29H33F2N5O5S. The van der Waals surface area contributed by atoms with Gasteiger partial charge in [-0.1, -0.05) is 0 Å².